The van der Waals surface area contributed by atoms with Gasteiger partial charge in [0.1, 0.15) is 18.1 Å². The zero-order valence-electron chi connectivity index (χ0n) is 17.3. The van der Waals surface area contributed by atoms with Crippen LogP contribution in [0.15, 0.2) is 61.2 Å². The molecule has 6 nitrogen and oxygen atoms in total. The number of ether oxygens (including phenoxy) is 1. The number of quaternary nitrogens is 1. The first kappa shape index (κ1) is 20.2. The minimum absolute atomic E-state index is 0.0703. The largest absolute Gasteiger partial charge is 0.480 e. The lowest BCUT2D eigenvalue weighted by molar-refractivity contribution is -0.947. The fraction of sp³-hybridized carbons (Fsp3) is 0.333. The number of nitrogens with zero attached hydrogens (tertiary/aromatic N) is 1. The molecule has 2 aromatic carbocycles. The maximum Gasteiger partial charge on any atom is 0.407 e. The number of carbonyl (C=O) groups is 2. The van der Waals surface area contributed by atoms with Gasteiger partial charge in [0.25, 0.3) is 0 Å². The van der Waals surface area contributed by atoms with Crippen molar-refractivity contribution in [1.82, 2.24) is 5.32 Å². The van der Waals surface area contributed by atoms with Gasteiger partial charge in [0, 0.05) is 5.92 Å². The van der Waals surface area contributed by atoms with Crippen molar-refractivity contribution in [3.05, 3.63) is 72.3 Å². The molecule has 0 bridgehead atoms. The Morgan fingerprint density at radius 1 is 1.17 bits per heavy atom. The summed E-state index contributed by atoms with van der Waals surface area (Å²) in [5.74, 6) is -1.15. The van der Waals surface area contributed by atoms with Crippen LogP contribution in [-0.4, -0.2) is 61.5 Å². The second-order valence-electron chi connectivity index (χ2n) is 8.93. The van der Waals surface area contributed by atoms with Crippen LogP contribution < -0.4 is 5.32 Å². The van der Waals surface area contributed by atoms with E-state index in [0.29, 0.717) is 17.6 Å². The molecule has 6 heteroatoms. The van der Waals surface area contributed by atoms with Crippen LogP contribution in [0, 0.1) is 5.41 Å². The number of carbonyl (C=O) groups excluding carboxylic acids is 1. The third-order valence-electron chi connectivity index (χ3n) is 6.28. The zero-order chi connectivity index (χ0) is 21.5. The first-order valence-electron chi connectivity index (χ1n) is 10.1. The van der Waals surface area contributed by atoms with Gasteiger partial charge >= 0.3 is 12.1 Å². The van der Waals surface area contributed by atoms with Crippen molar-refractivity contribution in [2.24, 2.45) is 5.41 Å². The number of carboxylic acids is 1. The van der Waals surface area contributed by atoms with Crippen LogP contribution in [0.2, 0.25) is 0 Å². The van der Waals surface area contributed by atoms with Crippen LogP contribution in [0.3, 0.4) is 0 Å². The minimum Gasteiger partial charge on any atom is -0.480 e. The molecule has 0 spiro atoms. The van der Waals surface area contributed by atoms with Gasteiger partial charge in [-0.2, -0.15) is 0 Å². The van der Waals surface area contributed by atoms with Crippen LogP contribution >= 0.6 is 0 Å². The van der Waals surface area contributed by atoms with Crippen molar-refractivity contribution >= 4 is 12.1 Å². The van der Waals surface area contributed by atoms with Gasteiger partial charge in [0.2, 0.25) is 0 Å². The number of rotatable bonds is 6. The molecule has 1 amide bonds. The molecule has 1 aliphatic carbocycles. The lowest BCUT2D eigenvalue weighted by Gasteiger charge is -2.53. The summed E-state index contributed by atoms with van der Waals surface area (Å²) in [5, 5.41) is 12.3. The third-order valence-corrected chi connectivity index (χ3v) is 6.28. The number of hydrogen-bond acceptors (Lipinski definition) is 3. The molecule has 0 saturated carbocycles. The molecular weight excluding hydrogens is 380 g/mol. The summed E-state index contributed by atoms with van der Waals surface area (Å²) in [4.78, 5) is 24.5. The van der Waals surface area contributed by atoms with E-state index in [-0.39, 0.29) is 12.5 Å². The molecule has 0 unspecified atom stereocenters. The Kier molecular flexibility index (Phi) is 4.90. The molecule has 30 heavy (non-hydrogen) atoms. The standard InChI is InChI=1S/C24H26N2O4/c1-4-24(14-26(2,3)15-24)21(22(27)28)25-23(29)30-13-20-18-11-7-5-9-16(18)17-10-6-8-12-19(17)20/h4-12,20-21H,1,13-15H2,2-3H3,(H-,25,27,28,29)/p+1/t21-/m0/s1. The Balaban J connectivity index is 1.47. The number of amides is 1. The Labute approximate surface area is 176 Å². The van der Waals surface area contributed by atoms with E-state index >= 15 is 0 Å². The number of benzene rings is 2. The van der Waals surface area contributed by atoms with E-state index < -0.39 is 23.5 Å². The third kappa shape index (κ3) is 3.37. The highest BCUT2D eigenvalue weighted by Gasteiger charge is 2.57. The lowest BCUT2D eigenvalue weighted by Crippen LogP contribution is -2.72. The molecule has 2 N–H and O–H groups in total. The van der Waals surface area contributed by atoms with E-state index in [4.69, 9.17) is 4.74 Å². The Morgan fingerprint density at radius 3 is 2.17 bits per heavy atom. The number of carboxylic acid groups (broad SMARTS) is 1. The predicted molar refractivity (Wildman–Crippen MR) is 114 cm³/mol. The lowest BCUT2D eigenvalue weighted by atomic mass is 9.72. The fourth-order valence-corrected chi connectivity index (χ4v) is 5.19. The maximum absolute atomic E-state index is 12.6. The zero-order valence-corrected chi connectivity index (χ0v) is 17.3. The van der Waals surface area contributed by atoms with Gasteiger partial charge in [-0.1, -0.05) is 54.6 Å². The Bertz CT molecular complexity index is 960. The van der Waals surface area contributed by atoms with Crippen LogP contribution in [-0.2, 0) is 9.53 Å². The van der Waals surface area contributed by atoms with Crippen molar-refractivity contribution in [1.29, 1.82) is 0 Å². The highest BCUT2D eigenvalue weighted by Crippen LogP contribution is 2.44. The molecule has 1 atom stereocenters. The Morgan fingerprint density at radius 2 is 1.70 bits per heavy atom. The molecular formula is C24H27N2O4+. The number of fused-ring (bicyclic) bond motifs is 3. The number of hydrogen-bond donors (Lipinski definition) is 2. The van der Waals surface area contributed by atoms with Gasteiger partial charge < -0.3 is 19.6 Å². The van der Waals surface area contributed by atoms with Gasteiger partial charge in [-0.15, -0.1) is 6.58 Å². The molecule has 0 radical (unpaired) electrons. The van der Waals surface area contributed by atoms with Crippen LogP contribution in [0.25, 0.3) is 11.1 Å². The van der Waals surface area contributed by atoms with Crippen molar-refractivity contribution in [2.75, 3.05) is 33.8 Å². The van der Waals surface area contributed by atoms with Gasteiger partial charge in [-0.3, -0.25) is 0 Å². The first-order chi connectivity index (χ1) is 14.3. The van der Waals surface area contributed by atoms with Crippen LogP contribution in [0.1, 0.15) is 17.0 Å². The number of likely N-dealkylation sites (tertiary alicyclic amines) is 1. The van der Waals surface area contributed by atoms with E-state index in [0.717, 1.165) is 22.3 Å². The van der Waals surface area contributed by atoms with Crippen molar-refractivity contribution in [2.45, 2.75) is 12.0 Å². The summed E-state index contributed by atoms with van der Waals surface area (Å²) < 4.78 is 6.21. The topological polar surface area (TPSA) is 75.6 Å². The highest BCUT2D eigenvalue weighted by atomic mass is 16.5. The molecule has 1 aliphatic heterocycles. The van der Waals surface area contributed by atoms with Crippen LogP contribution in [0.5, 0.6) is 0 Å². The molecule has 2 aliphatic rings. The van der Waals surface area contributed by atoms with Gasteiger partial charge in [0.15, 0.2) is 0 Å². The van der Waals surface area contributed by atoms with Crippen molar-refractivity contribution in [3.8, 4) is 11.1 Å². The highest BCUT2D eigenvalue weighted by molar-refractivity contribution is 5.82. The molecule has 4 rings (SSSR count). The van der Waals surface area contributed by atoms with Gasteiger partial charge in [0.05, 0.1) is 27.2 Å². The SMILES string of the molecule is C=CC1([C@@H](NC(=O)OCC2c3ccccc3-c3ccccc32)C(=O)O)C[N+](C)(C)C1. The smallest absolute Gasteiger partial charge is 0.407 e. The molecule has 156 valence electrons. The molecule has 1 saturated heterocycles. The number of alkyl carbamates (subject to hydrolysis) is 1. The second kappa shape index (κ2) is 7.29. The minimum atomic E-state index is -1.08. The maximum atomic E-state index is 12.6. The van der Waals surface area contributed by atoms with Crippen molar-refractivity contribution < 1.29 is 23.9 Å². The van der Waals surface area contributed by atoms with Crippen molar-refractivity contribution in [3.63, 3.8) is 0 Å². The Hall–Kier alpha value is -3.12. The van der Waals surface area contributed by atoms with E-state index in [2.05, 4.69) is 24.0 Å². The van der Waals surface area contributed by atoms with Gasteiger partial charge in [-0.25, -0.2) is 9.59 Å². The summed E-state index contributed by atoms with van der Waals surface area (Å²) in [6, 6.07) is 15.1. The summed E-state index contributed by atoms with van der Waals surface area (Å²) in [7, 11) is 4.04. The molecule has 1 heterocycles. The molecule has 0 aromatic heterocycles. The van der Waals surface area contributed by atoms with E-state index in [9.17, 15) is 14.7 Å². The first-order valence-corrected chi connectivity index (χ1v) is 10.1. The number of nitrogens with one attached hydrogen (secondary N) is 1. The number of aliphatic carboxylic acids is 1. The summed E-state index contributed by atoms with van der Waals surface area (Å²) in [5.41, 5.74) is 3.83. The predicted octanol–water partition coefficient (Wildman–Crippen LogP) is 3.24. The fourth-order valence-electron chi connectivity index (χ4n) is 5.19. The second-order valence-corrected chi connectivity index (χ2v) is 8.93. The van der Waals surface area contributed by atoms with E-state index in [1.165, 1.54) is 0 Å². The van der Waals surface area contributed by atoms with E-state index in [1.807, 2.05) is 50.5 Å². The average molecular weight is 407 g/mol. The quantitative estimate of drug-likeness (QED) is 0.569. The molecule has 1 fully saturated rings. The average Bonchev–Trinajstić information content (AvgIpc) is 3.02. The monoisotopic (exact) mass is 407 g/mol. The summed E-state index contributed by atoms with van der Waals surface area (Å²) in [6.45, 7) is 5.16. The normalized spacial score (nSPS) is 19.0. The van der Waals surface area contributed by atoms with Crippen LogP contribution in [0.4, 0.5) is 4.79 Å². The summed E-state index contributed by atoms with van der Waals surface area (Å²) in [6.07, 6.45) is 0.932. The van der Waals surface area contributed by atoms with E-state index in [1.54, 1.807) is 6.08 Å². The summed E-state index contributed by atoms with van der Waals surface area (Å²) >= 11 is 0. The molecule has 2 aromatic rings. The van der Waals surface area contributed by atoms with Gasteiger partial charge in [-0.05, 0) is 22.3 Å².